The summed E-state index contributed by atoms with van der Waals surface area (Å²) < 4.78 is 5.18. The zero-order valence-corrected chi connectivity index (χ0v) is 14.1. The van der Waals surface area contributed by atoms with Crippen LogP contribution in [0.2, 0.25) is 0 Å². The lowest BCUT2D eigenvalue weighted by Gasteiger charge is -2.19. The number of aromatic nitrogens is 1. The van der Waals surface area contributed by atoms with Crippen molar-refractivity contribution in [3.8, 4) is 0 Å². The van der Waals surface area contributed by atoms with E-state index < -0.39 is 0 Å². The Balaban J connectivity index is 2.04. The van der Waals surface area contributed by atoms with Crippen molar-refractivity contribution >= 4 is 29.1 Å². The number of hydrogen-bond acceptors (Lipinski definition) is 5. The van der Waals surface area contributed by atoms with Gasteiger partial charge in [-0.1, -0.05) is 13.8 Å². The fraction of sp³-hybridized carbons (Fsp3) is 0.733. The summed E-state index contributed by atoms with van der Waals surface area (Å²) in [5.41, 5.74) is 1.000. The summed E-state index contributed by atoms with van der Waals surface area (Å²) in [6, 6.07) is 0. The smallest absolute Gasteiger partial charge is 0.315 e. The first-order valence-corrected chi connectivity index (χ1v) is 9.31. The van der Waals surface area contributed by atoms with Crippen molar-refractivity contribution in [3.63, 3.8) is 0 Å². The fourth-order valence-corrected chi connectivity index (χ4v) is 4.67. The van der Waals surface area contributed by atoms with Crippen LogP contribution < -0.4 is 0 Å². The Morgan fingerprint density at radius 3 is 3.05 bits per heavy atom. The van der Waals surface area contributed by atoms with E-state index in [4.69, 9.17) is 9.72 Å². The van der Waals surface area contributed by atoms with Crippen molar-refractivity contribution in [1.82, 2.24) is 4.98 Å². The average molecular weight is 313 g/mol. The van der Waals surface area contributed by atoms with Gasteiger partial charge in [0, 0.05) is 10.6 Å². The van der Waals surface area contributed by atoms with Crippen molar-refractivity contribution in [1.29, 1.82) is 0 Å². The molecule has 0 radical (unpaired) electrons. The molecule has 0 amide bonds. The third-order valence-electron chi connectivity index (χ3n) is 3.25. The Kier molecular flexibility index (Phi) is 5.90. The summed E-state index contributed by atoms with van der Waals surface area (Å²) in [4.78, 5) is 18.0. The van der Waals surface area contributed by atoms with Crippen LogP contribution in [0, 0.1) is 5.92 Å². The molecule has 0 saturated carbocycles. The second kappa shape index (κ2) is 7.46. The number of carbonyl (C=O) groups is 1. The van der Waals surface area contributed by atoms with E-state index in [2.05, 4.69) is 13.8 Å². The number of ether oxygens (including phenoxy) is 1. The zero-order valence-electron chi connectivity index (χ0n) is 12.5. The third kappa shape index (κ3) is 3.98. The van der Waals surface area contributed by atoms with Crippen LogP contribution >= 0.6 is 23.1 Å². The van der Waals surface area contributed by atoms with E-state index in [9.17, 15) is 4.79 Å². The van der Waals surface area contributed by atoms with Gasteiger partial charge in [0.2, 0.25) is 0 Å². The van der Waals surface area contributed by atoms with Crippen LogP contribution in [0.4, 0.5) is 0 Å². The van der Waals surface area contributed by atoms with Gasteiger partial charge in [0.05, 0.1) is 12.3 Å². The molecule has 0 N–H and O–H groups in total. The lowest BCUT2D eigenvalue weighted by atomic mass is 9.91. The second-order valence-electron chi connectivity index (χ2n) is 5.52. The van der Waals surface area contributed by atoms with E-state index >= 15 is 0 Å². The largest absolute Gasteiger partial charge is 0.465 e. The lowest BCUT2D eigenvalue weighted by molar-refractivity contribution is -0.145. The Hall–Kier alpha value is -0.550. The summed E-state index contributed by atoms with van der Waals surface area (Å²) >= 11 is 3.72. The van der Waals surface area contributed by atoms with Gasteiger partial charge >= 0.3 is 5.97 Å². The highest BCUT2D eigenvalue weighted by molar-refractivity contribution is 7.98. The van der Waals surface area contributed by atoms with Gasteiger partial charge in [0.15, 0.2) is 0 Å². The molecule has 0 saturated heterocycles. The number of nitrogens with zero attached hydrogens (tertiary/aromatic N) is 1. The Morgan fingerprint density at radius 2 is 2.35 bits per heavy atom. The molecular weight excluding hydrogens is 290 g/mol. The molecule has 1 unspecified atom stereocenters. The molecule has 1 heterocycles. The normalized spacial score (nSPS) is 18.1. The number of esters is 1. The first-order valence-electron chi connectivity index (χ1n) is 7.34. The number of thioether (sulfide) groups is 1. The van der Waals surface area contributed by atoms with Crippen molar-refractivity contribution < 1.29 is 9.53 Å². The van der Waals surface area contributed by atoms with Gasteiger partial charge in [-0.3, -0.25) is 4.79 Å². The maximum Gasteiger partial charge on any atom is 0.315 e. The van der Waals surface area contributed by atoms with Crippen molar-refractivity contribution in [2.75, 3.05) is 12.4 Å². The first kappa shape index (κ1) is 15.8. The number of carbonyl (C=O) groups excluding carboxylic acids is 1. The molecule has 20 heavy (non-hydrogen) atoms. The molecule has 5 heteroatoms. The molecule has 1 aromatic heterocycles. The van der Waals surface area contributed by atoms with Gasteiger partial charge in [-0.05, 0) is 37.9 Å². The molecule has 0 bridgehead atoms. The molecule has 0 spiro atoms. The highest BCUT2D eigenvalue weighted by atomic mass is 32.2. The Labute approximate surface area is 129 Å². The minimum Gasteiger partial charge on any atom is -0.465 e. The standard InChI is InChI=1S/C15H23NO2S2/c1-4-18-15(17)11-6-5-7-12-14(11)16-13(20-12)9-19-8-10(2)3/h10-11H,4-9H2,1-3H3. The minimum atomic E-state index is -0.126. The summed E-state index contributed by atoms with van der Waals surface area (Å²) in [6.07, 6.45) is 3.02. The molecule has 3 nitrogen and oxygen atoms in total. The predicted octanol–water partition coefficient (Wildman–Crippen LogP) is 4.02. The number of rotatable bonds is 6. The van der Waals surface area contributed by atoms with Crippen LogP contribution in [0.1, 0.15) is 55.1 Å². The number of aryl methyl sites for hydroxylation is 1. The summed E-state index contributed by atoms with van der Waals surface area (Å²) in [6.45, 7) is 6.77. The summed E-state index contributed by atoms with van der Waals surface area (Å²) in [5, 5.41) is 1.16. The fourth-order valence-electron chi connectivity index (χ4n) is 2.38. The van der Waals surface area contributed by atoms with Crippen molar-refractivity contribution in [2.24, 2.45) is 5.92 Å². The van der Waals surface area contributed by atoms with E-state index in [1.807, 2.05) is 18.7 Å². The predicted molar refractivity (Wildman–Crippen MR) is 85.4 cm³/mol. The van der Waals surface area contributed by atoms with Crippen molar-refractivity contribution in [3.05, 3.63) is 15.6 Å². The molecule has 1 aliphatic carbocycles. The third-order valence-corrected chi connectivity index (χ3v) is 5.94. The molecule has 0 fully saturated rings. The molecular formula is C15H23NO2S2. The van der Waals surface area contributed by atoms with Crippen LogP contribution in [0.3, 0.4) is 0 Å². The van der Waals surface area contributed by atoms with Crippen LogP contribution in [0.15, 0.2) is 0 Å². The van der Waals surface area contributed by atoms with Crippen LogP contribution in [-0.4, -0.2) is 23.3 Å². The quantitative estimate of drug-likeness (QED) is 0.744. The average Bonchev–Trinajstić information content (AvgIpc) is 2.80. The molecule has 0 aliphatic heterocycles. The maximum atomic E-state index is 12.0. The SMILES string of the molecule is CCOC(=O)C1CCCc2sc(CSCC(C)C)nc21. The van der Waals surface area contributed by atoms with Gasteiger partial charge < -0.3 is 4.74 Å². The molecule has 1 aromatic rings. The monoisotopic (exact) mass is 313 g/mol. The van der Waals surface area contributed by atoms with Gasteiger partial charge in [-0.2, -0.15) is 11.8 Å². The molecule has 1 aliphatic rings. The van der Waals surface area contributed by atoms with Gasteiger partial charge in [0.1, 0.15) is 10.9 Å². The van der Waals surface area contributed by atoms with Crippen LogP contribution in [0.25, 0.3) is 0 Å². The van der Waals surface area contributed by atoms with Gasteiger partial charge in [-0.25, -0.2) is 4.98 Å². The first-order chi connectivity index (χ1) is 9.61. The molecule has 0 aromatic carbocycles. The van der Waals surface area contributed by atoms with Gasteiger partial charge in [-0.15, -0.1) is 11.3 Å². The summed E-state index contributed by atoms with van der Waals surface area (Å²) in [5.74, 6) is 2.61. The molecule has 112 valence electrons. The topological polar surface area (TPSA) is 39.2 Å². The van der Waals surface area contributed by atoms with Crippen LogP contribution in [0.5, 0.6) is 0 Å². The van der Waals surface area contributed by atoms with E-state index in [0.29, 0.717) is 12.5 Å². The zero-order chi connectivity index (χ0) is 14.5. The number of fused-ring (bicyclic) bond motifs is 1. The Morgan fingerprint density at radius 1 is 1.55 bits per heavy atom. The van der Waals surface area contributed by atoms with Crippen LogP contribution in [-0.2, 0) is 21.7 Å². The van der Waals surface area contributed by atoms with E-state index in [1.54, 1.807) is 11.3 Å². The van der Waals surface area contributed by atoms with Crippen molar-refractivity contribution in [2.45, 2.75) is 51.7 Å². The van der Waals surface area contributed by atoms with E-state index in [1.165, 1.54) is 4.88 Å². The molecule has 2 rings (SSSR count). The highest BCUT2D eigenvalue weighted by Crippen LogP contribution is 2.36. The highest BCUT2D eigenvalue weighted by Gasteiger charge is 2.31. The molecule has 1 atom stereocenters. The number of thiazole rings is 1. The summed E-state index contributed by atoms with van der Waals surface area (Å²) in [7, 11) is 0. The minimum absolute atomic E-state index is 0.0971. The lowest BCUT2D eigenvalue weighted by Crippen LogP contribution is -2.20. The number of hydrogen-bond donors (Lipinski definition) is 0. The second-order valence-corrected chi connectivity index (χ2v) is 7.72. The van der Waals surface area contributed by atoms with Gasteiger partial charge in [0.25, 0.3) is 0 Å². The Bertz CT molecular complexity index is 457. The van der Waals surface area contributed by atoms with E-state index in [0.717, 1.165) is 41.5 Å². The maximum absolute atomic E-state index is 12.0. The van der Waals surface area contributed by atoms with E-state index in [-0.39, 0.29) is 11.9 Å².